The molecule has 0 fully saturated rings. The van der Waals surface area contributed by atoms with E-state index in [2.05, 4.69) is 34.9 Å². The number of nitrogens with zero attached hydrogens (tertiary/aromatic N) is 1. The summed E-state index contributed by atoms with van der Waals surface area (Å²) in [5.41, 5.74) is 0. The fourth-order valence-corrected chi connectivity index (χ4v) is 1.51. The molecule has 1 nitrogen and oxygen atoms in total. The Morgan fingerprint density at radius 2 is 1.67 bits per heavy atom. The molecular formula is C10H24NY-. The molecule has 0 aromatic rings. The maximum absolute atomic E-state index is 3.86. The van der Waals surface area contributed by atoms with Crippen molar-refractivity contribution in [3.8, 4) is 0 Å². The fraction of sp³-hybridized carbons (Fsp3) is 0.800. The maximum atomic E-state index is 3.86. The Hall–Kier alpha value is 1.06. The summed E-state index contributed by atoms with van der Waals surface area (Å²) in [6, 6.07) is 0. The summed E-state index contributed by atoms with van der Waals surface area (Å²) in [4.78, 5) is 0. The molecule has 0 heterocycles. The van der Waals surface area contributed by atoms with Gasteiger partial charge >= 0.3 is 0 Å². The molecule has 0 N–H and O–H groups in total. The second kappa shape index (κ2) is 8.65. The zero-order valence-corrected chi connectivity index (χ0v) is 12.3. The SMILES string of the molecule is [CH2-]CC[N+](C)(C)CC(C)C.[CH3-].[Y]. The second-order valence-corrected chi connectivity index (χ2v) is 4.09. The minimum atomic E-state index is 0. The van der Waals surface area contributed by atoms with E-state index in [1.54, 1.807) is 0 Å². The molecule has 0 atom stereocenters. The van der Waals surface area contributed by atoms with Crippen LogP contribution in [0.3, 0.4) is 0 Å². The van der Waals surface area contributed by atoms with Crippen molar-refractivity contribution in [2.75, 3.05) is 27.2 Å². The van der Waals surface area contributed by atoms with E-state index in [1.807, 2.05) is 0 Å². The van der Waals surface area contributed by atoms with E-state index in [0.29, 0.717) is 0 Å². The van der Waals surface area contributed by atoms with E-state index in [-0.39, 0.29) is 40.1 Å². The van der Waals surface area contributed by atoms with Crippen LogP contribution in [0.25, 0.3) is 0 Å². The van der Waals surface area contributed by atoms with Gasteiger partial charge in [-0.15, -0.1) is 6.42 Å². The summed E-state index contributed by atoms with van der Waals surface area (Å²) in [7, 11) is 4.54. The zero-order chi connectivity index (χ0) is 8.20. The fourth-order valence-electron chi connectivity index (χ4n) is 1.51. The van der Waals surface area contributed by atoms with Crippen LogP contribution >= 0.6 is 0 Å². The van der Waals surface area contributed by atoms with Crippen molar-refractivity contribution >= 4 is 0 Å². The van der Waals surface area contributed by atoms with Crippen LogP contribution in [0.15, 0.2) is 0 Å². The second-order valence-electron chi connectivity index (χ2n) is 4.09. The van der Waals surface area contributed by atoms with E-state index in [0.717, 1.165) is 16.8 Å². The Labute approximate surface area is 104 Å². The van der Waals surface area contributed by atoms with Crippen LogP contribution in [-0.4, -0.2) is 31.7 Å². The molecule has 1 radical (unpaired) electrons. The van der Waals surface area contributed by atoms with Crippen molar-refractivity contribution < 1.29 is 37.2 Å². The van der Waals surface area contributed by atoms with E-state index >= 15 is 0 Å². The first kappa shape index (κ1) is 18.8. The minimum Gasteiger partial charge on any atom is -0.358 e. The average molecular weight is 247 g/mol. The van der Waals surface area contributed by atoms with Gasteiger partial charge in [-0.3, -0.25) is 0 Å². The Morgan fingerprint density at radius 1 is 1.25 bits per heavy atom. The standard InChI is InChI=1S/C9H21N.CH3.Y/c1-6-7-10(4,5)8-9(2)3;;/h9H,1,6-8H2,2-5H3;1H3;/q;-1;. The minimum absolute atomic E-state index is 0. The van der Waals surface area contributed by atoms with Crippen molar-refractivity contribution in [1.29, 1.82) is 0 Å². The van der Waals surface area contributed by atoms with Crippen LogP contribution in [0.1, 0.15) is 20.3 Å². The molecule has 0 aliphatic carbocycles. The van der Waals surface area contributed by atoms with Gasteiger partial charge in [0.2, 0.25) is 0 Å². The van der Waals surface area contributed by atoms with Crippen LogP contribution in [-0.2, 0) is 32.7 Å². The first-order chi connectivity index (χ1) is 4.48. The third kappa shape index (κ3) is 11.1. The zero-order valence-electron chi connectivity index (χ0n) is 9.43. The Balaban J connectivity index is -0.000000405. The van der Waals surface area contributed by atoms with Crippen LogP contribution < -0.4 is 0 Å². The van der Waals surface area contributed by atoms with Gasteiger partial charge in [0.15, 0.2) is 0 Å². The molecule has 12 heavy (non-hydrogen) atoms. The van der Waals surface area contributed by atoms with E-state index in [4.69, 9.17) is 0 Å². The van der Waals surface area contributed by atoms with Crippen LogP contribution in [0.2, 0.25) is 0 Å². The molecule has 0 saturated carbocycles. The molecular weight excluding hydrogens is 223 g/mol. The average Bonchev–Trinajstić information content (AvgIpc) is 1.59. The molecule has 73 valence electrons. The van der Waals surface area contributed by atoms with Crippen molar-refractivity contribution in [2.24, 2.45) is 5.92 Å². The molecule has 0 spiro atoms. The van der Waals surface area contributed by atoms with Crippen molar-refractivity contribution in [1.82, 2.24) is 0 Å². The summed E-state index contributed by atoms with van der Waals surface area (Å²) in [6.45, 7) is 10.8. The summed E-state index contributed by atoms with van der Waals surface area (Å²) in [5, 5.41) is 0. The summed E-state index contributed by atoms with van der Waals surface area (Å²) < 4.78 is 1.11. The first-order valence-electron chi connectivity index (χ1n) is 4.09. The maximum Gasteiger partial charge on any atom is 0.0805 e. The largest absolute Gasteiger partial charge is 0.358 e. The predicted octanol–water partition coefficient (Wildman–Crippen LogP) is 2.39. The number of quaternary nitrogens is 1. The van der Waals surface area contributed by atoms with Crippen molar-refractivity contribution in [2.45, 2.75) is 20.3 Å². The van der Waals surface area contributed by atoms with E-state index < -0.39 is 0 Å². The van der Waals surface area contributed by atoms with Gasteiger partial charge < -0.3 is 18.8 Å². The molecule has 0 aliphatic heterocycles. The monoisotopic (exact) mass is 247 g/mol. The molecule has 0 unspecified atom stereocenters. The molecule has 0 saturated heterocycles. The predicted molar refractivity (Wildman–Crippen MR) is 53.1 cm³/mol. The molecule has 0 bridgehead atoms. The first-order valence-corrected chi connectivity index (χ1v) is 4.09. The Kier molecular flexibility index (Phi) is 13.5. The molecule has 0 aromatic heterocycles. The van der Waals surface area contributed by atoms with Gasteiger partial charge in [-0.2, -0.15) is 0 Å². The third-order valence-electron chi connectivity index (χ3n) is 1.62. The van der Waals surface area contributed by atoms with Crippen molar-refractivity contribution in [3.05, 3.63) is 14.4 Å². The summed E-state index contributed by atoms with van der Waals surface area (Å²) >= 11 is 0. The molecule has 2 heteroatoms. The van der Waals surface area contributed by atoms with Crippen molar-refractivity contribution in [3.63, 3.8) is 0 Å². The van der Waals surface area contributed by atoms with Gasteiger partial charge in [0.05, 0.1) is 27.2 Å². The normalized spacial score (nSPS) is 10.5. The molecule has 0 aliphatic rings. The summed E-state index contributed by atoms with van der Waals surface area (Å²) in [6.07, 6.45) is 1.04. The van der Waals surface area contributed by atoms with Gasteiger partial charge in [0.25, 0.3) is 0 Å². The summed E-state index contributed by atoms with van der Waals surface area (Å²) in [5.74, 6) is 0.793. The van der Waals surface area contributed by atoms with Gasteiger partial charge in [0.1, 0.15) is 0 Å². The van der Waals surface area contributed by atoms with E-state index in [9.17, 15) is 0 Å². The number of hydrogen-bond acceptors (Lipinski definition) is 0. The molecule has 0 aromatic carbocycles. The number of rotatable bonds is 4. The quantitative estimate of drug-likeness (QED) is 0.528. The van der Waals surface area contributed by atoms with Crippen LogP contribution in [0.4, 0.5) is 0 Å². The van der Waals surface area contributed by atoms with E-state index in [1.165, 1.54) is 13.1 Å². The third-order valence-corrected chi connectivity index (χ3v) is 1.62. The van der Waals surface area contributed by atoms with Gasteiger partial charge in [-0.05, 0) is 0 Å². The Bertz CT molecular complexity index is 89.8. The van der Waals surface area contributed by atoms with Gasteiger partial charge in [-0.1, -0.05) is 13.8 Å². The Morgan fingerprint density at radius 3 is 1.92 bits per heavy atom. The van der Waals surface area contributed by atoms with Gasteiger partial charge in [0, 0.05) is 38.6 Å². The van der Waals surface area contributed by atoms with Gasteiger partial charge in [-0.25, -0.2) is 0 Å². The van der Waals surface area contributed by atoms with Crippen LogP contribution in [0.5, 0.6) is 0 Å². The number of hydrogen-bond donors (Lipinski definition) is 0. The molecule has 0 amide bonds. The molecule has 0 rings (SSSR count). The van der Waals surface area contributed by atoms with Crippen LogP contribution in [0, 0.1) is 20.3 Å². The smallest absolute Gasteiger partial charge is 0.0805 e. The topological polar surface area (TPSA) is 0 Å².